The molecule has 0 aliphatic rings. The van der Waals surface area contributed by atoms with Gasteiger partial charge in [-0.2, -0.15) is 0 Å². The number of hydrogen-bond acceptors (Lipinski definition) is 5. The molecule has 0 aliphatic heterocycles. The number of esters is 1. The average Bonchev–Trinajstić information content (AvgIpc) is 3.12. The molecule has 2 rings (SSSR count). The van der Waals surface area contributed by atoms with Crippen molar-refractivity contribution in [3.8, 4) is 0 Å². The first-order valence-electron chi connectivity index (χ1n) is 7.14. The standard InChI is InChI=1S/C16H14Cl2N2O5/c17-11-3-1-4-12(18)10(11)9-25-15(22)8-19-14(21)7-20-16(23)13-5-2-6-24-13/h1-6H,7-9H2,(H,19,21)(H,20,23). The lowest BCUT2D eigenvalue weighted by Crippen LogP contribution is -2.39. The van der Waals surface area contributed by atoms with Crippen LogP contribution in [0.1, 0.15) is 16.1 Å². The molecule has 9 heteroatoms. The molecule has 2 N–H and O–H groups in total. The van der Waals surface area contributed by atoms with Crippen LogP contribution in [0.2, 0.25) is 10.0 Å². The van der Waals surface area contributed by atoms with E-state index in [0.717, 1.165) is 0 Å². The van der Waals surface area contributed by atoms with Gasteiger partial charge >= 0.3 is 5.97 Å². The van der Waals surface area contributed by atoms with E-state index < -0.39 is 17.8 Å². The fourth-order valence-corrected chi connectivity index (χ4v) is 2.27. The molecule has 0 bridgehead atoms. The Labute approximate surface area is 153 Å². The predicted octanol–water partition coefficient (Wildman–Crippen LogP) is 2.18. The lowest BCUT2D eigenvalue weighted by Gasteiger charge is -2.09. The number of carbonyl (C=O) groups is 3. The Kier molecular flexibility index (Phi) is 6.85. The van der Waals surface area contributed by atoms with Crippen LogP contribution in [0.4, 0.5) is 0 Å². The molecule has 0 aliphatic carbocycles. The zero-order valence-electron chi connectivity index (χ0n) is 12.9. The number of ether oxygens (including phenoxy) is 1. The second-order valence-corrected chi connectivity index (χ2v) is 5.61. The summed E-state index contributed by atoms with van der Waals surface area (Å²) in [6.07, 6.45) is 1.34. The van der Waals surface area contributed by atoms with E-state index >= 15 is 0 Å². The van der Waals surface area contributed by atoms with Crippen molar-refractivity contribution in [2.24, 2.45) is 0 Å². The molecule has 0 saturated carbocycles. The number of halogens is 2. The molecule has 2 amide bonds. The van der Waals surface area contributed by atoms with Gasteiger partial charge in [-0.3, -0.25) is 14.4 Å². The van der Waals surface area contributed by atoms with Gasteiger partial charge in [0.05, 0.1) is 12.8 Å². The maximum atomic E-state index is 11.6. The van der Waals surface area contributed by atoms with Crippen molar-refractivity contribution in [3.63, 3.8) is 0 Å². The van der Waals surface area contributed by atoms with E-state index in [4.69, 9.17) is 32.4 Å². The molecule has 7 nitrogen and oxygen atoms in total. The van der Waals surface area contributed by atoms with Crippen LogP contribution in [0.5, 0.6) is 0 Å². The van der Waals surface area contributed by atoms with Crippen LogP contribution in [0, 0.1) is 0 Å². The van der Waals surface area contributed by atoms with E-state index in [-0.39, 0.29) is 25.5 Å². The minimum atomic E-state index is -0.665. The number of furan rings is 1. The van der Waals surface area contributed by atoms with Crippen molar-refractivity contribution in [1.29, 1.82) is 0 Å². The highest BCUT2D eigenvalue weighted by molar-refractivity contribution is 6.35. The number of amides is 2. The molecule has 0 radical (unpaired) electrons. The number of benzene rings is 1. The summed E-state index contributed by atoms with van der Waals surface area (Å²) in [4.78, 5) is 34.8. The smallest absolute Gasteiger partial charge is 0.325 e. The van der Waals surface area contributed by atoms with Crippen LogP contribution < -0.4 is 10.6 Å². The summed E-state index contributed by atoms with van der Waals surface area (Å²) in [5.74, 6) is -1.66. The van der Waals surface area contributed by atoms with Crippen molar-refractivity contribution in [1.82, 2.24) is 10.6 Å². The van der Waals surface area contributed by atoms with E-state index in [1.54, 1.807) is 24.3 Å². The summed E-state index contributed by atoms with van der Waals surface area (Å²) >= 11 is 11.9. The quantitative estimate of drug-likeness (QED) is 0.712. The molecule has 2 aromatic rings. The molecule has 1 aromatic heterocycles. The van der Waals surface area contributed by atoms with Crippen molar-refractivity contribution in [3.05, 3.63) is 58.0 Å². The first-order valence-corrected chi connectivity index (χ1v) is 7.90. The minimum Gasteiger partial charge on any atom is -0.459 e. The Morgan fingerprint density at radius 2 is 1.72 bits per heavy atom. The van der Waals surface area contributed by atoms with Gasteiger partial charge < -0.3 is 19.8 Å². The van der Waals surface area contributed by atoms with Gasteiger partial charge in [-0.1, -0.05) is 29.3 Å². The van der Waals surface area contributed by atoms with Crippen LogP contribution in [0.15, 0.2) is 41.0 Å². The van der Waals surface area contributed by atoms with Gasteiger partial charge in [0.25, 0.3) is 5.91 Å². The molecule has 132 valence electrons. The van der Waals surface area contributed by atoms with Gasteiger partial charge in [0.1, 0.15) is 13.2 Å². The van der Waals surface area contributed by atoms with Crippen LogP contribution in [-0.2, 0) is 20.9 Å². The van der Waals surface area contributed by atoms with Gasteiger partial charge in [-0.05, 0) is 24.3 Å². The number of hydrogen-bond donors (Lipinski definition) is 2. The summed E-state index contributed by atoms with van der Waals surface area (Å²) in [5, 5.41) is 5.43. The van der Waals surface area contributed by atoms with Gasteiger partial charge in [0, 0.05) is 15.6 Å². The lowest BCUT2D eigenvalue weighted by atomic mass is 10.2. The topological polar surface area (TPSA) is 97.6 Å². The monoisotopic (exact) mass is 384 g/mol. The first-order chi connectivity index (χ1) is 12.0. The van der Waals surface area contributed by atoms with Gasteiger partial charge in [0.15, 0.2) is 5.76 Å². The Bertz CT molecular complexity index is 742. The average molecular weight is 385 g/mol. The summed E-state index contributed by atoms with van der Waals surface area (Å²) < 4.78 is 9.88. The Hall–Kier alpha value is -2.51. The SMILES string of the molecule is O=C(CNC(=O)c1ccco1)NCC(=O)OCc1c(Cl)cccc1Cl. The van der Waals surface area contributed by atoms with Crippen molar-refractivity contribution in [2.45, 2.75) is 6.61 Å². The number of carbonyl (C=O) groups excluding carboxylic acids is 3. The molecule has 1 aromatic carbocycles. The fourth-order valence-electron chi connectivity index (χ4n) is 1.76. The van der Waals surface area contributed by atoms with Crippen molar-refractivity contribution >= 4 is 41.0 Å². The largest absolute Gasteiger partial charge is 0.459 e. The predicted molar refractivity (Wildman–Crippen MR) is 90.3 cm³/mol. The van der Waals surface area contributed by atoms with E-state index in [0.29, 0.717) is 15.6 Å². The van der Waals surface area contributed by atoms with Crippen LogP contribution in [0.3, 0.4) is 0 Å². The van der Waals surface area contributed by atoms with Crippen LogP contribution >= 0.6 is 23.2 Å². The summed E-state index contributed by atoms with van der Waals surface area (Å²) in [5.41, 5.74) is 0.483. The van der Waals surface area contributed by atoms with Gasteiger partial charge in [0.2, 0.25) is 5.91 Å². The Balaban J connectivity index is 1.69. The molecule has 1 heterocycles. The van der Waals surface area contributed by atoms with E-state index in [2.05, 4.69) is 10.6 Å². The maximum Gasteiger partial charge on any atom is 0.325 e. The van der Waals surface area contributed by atoms with Crippen molar-refractivity contribution < 1.29 is 23.5 Å². The number of rotatable bonds is 7. The maximum absolute atomic E-state index is 11.6. The zero-order chi connectivity index (χ0) is 18.2. The Morgan fingerprint density at radius 3 is 2.36 bits per heavy atom. The second-order valence-electron chi connectivity index (χ2n) is 4.80. The Morgan fingerprint density at radius 1 is 1.00 bits per heavy atom. The molecule has 0 fully saturated rings. The van der Waals surface area contributed by atoms with Crippen LogP contribution in [-0.4, -0.2) is 30.9 Å². The van der Waals surface area contributed by atoms with E-state index in [1.165, 1.54) is 12.3 Å². The summed E-state index contributed by atoms with van der Waals surface area (Å²) in [6, 6.07) is 7.94. The van der Waals surface area contributed by atoms with Gasteiger partial charge in [-0.15, -0.1) is 0 Å². The van der Waals surface area contributed by atoms with Crippen LogP contribution in [0.25, 0.3) is 0 Å². The molecule has 0 atom stereocenters. The normalized spacial score (nSPS) is 10.2. The summed E-state index contributed by atoms with van der Waals surface area (Å²) in [6.45, 7) is -0.761. The van der Waals surface area contributed by atoms with E-state index in [1.807, 2.05) is 0 Å². The van der Waals surface area contributed by atoms with Gasteiger partial charge in [-0.25, -0.2) is 0 Å². The third-order valence-electron chi connectivity index (χ3n) is 3.02. The third-order valence-corrected chi connectivity index (χ3v) is 3.73. The highest BCUT2D eigenvalue weighted by Gasteiger charge is 2.12. The summed E-state index contributed by atoms with van der Waals surface area (Å²) in [7, 11) is 0. The second kappa shape index (κ2) is 9.10. The fraction of sp³-hybridized carbons (Fsp3) is 0.188. The molecule has 0 saturated heterocycles. The number of nitrogens with one attached hydrogen (secondary N) is 2. The molecule has 25 heavy (non-hydrogen) atoms. The molecule has 0 spiro atoms. The first kappa shape index (κ1) is 18.8. The van der Waals surface area contributed by atoms with E-state index in [9.17, 15) is 14.4 Å². The lowest BCUT2D eigenvalue weighted by molar-refractivity contribution is -0.145. The molecule has 0 unspecified atom stereocenters. The highest BCUT2D eigenvalue weighted by atomic mass is 35.5. The highest BCUT2D eigenvalue weighted by Crippen LogP contribution is 2.24. The van der Waals surface area contributed by atoms with Crippen molar-refractivity contribution in [2.75, 3.05) is 13.1 Å². The zero-order valence-corrected chi connectivity index (χ0v) is 14.4. The molecular formula is C16H14Cl2N2O5. The molecular weight excluding hydrogens is 371 g/mol. The third kappa shape index (κ3) is 5.81. The minimum absolute atomic E-state index is 0.0869.